The Morgan fingerprint density at radius 3 is 0.225 bits per heavy atom. The van der Waals surface area contributed by atoms with Crippen LogP contribution in [0, 0.1) is 0 Å². The molecule has 0 spiro atoms. The van der Waals surface area contributed by atoms with Gasteiger partial charge in [0.05, 0.1) is 0 Å². The fraction of sp³-hybridized carbons (Fsp3) is 0.972. The summed E-state index contributed by atoms with van der Waals surface area (Å²) >= 11 is 0. The first-order valence-electron chi connectivity index (χ1n) is 53.5. The summed E-state index contributed by atoms with van der Waals surface area (Å²) in [6, 6.07) is 0. The molecule has 0 aromatic rings. The van der Waals surface area contributed by atoms with Gasteiger partial charge in [-0.1, -0.05) is 469 Å². The van der Waals surface area contributed by atoms with Crippen molar-refractivity contribution < 1.29 is 71.2 Å². The van der Waals surface area contributed by atoms with Crippen molar-refractivity contribution in [1.29, 1.82) is 0 Å². The number of carboxylic acid groups (broad SMARTS) is 1. The number of hydrogen-bond donors (Lipinski definition) is 13. The Labute approximate surface area is 743 Å². The molecule has 0 radical (unpaired) electrons. The number of aliphatic hydroxyl groups is 12. The zero-order chi connectivity index (χ0) is 88.0. The third-order valence-electron chi connectivity index (χ3n) is 26.8. The molecule has 0 heterocycles. The van der Waals surface area contributed by atoms with Crippen molar-refractivity contribution in [1.82, 2.24) is 0 Å². The molecule has 6 rings (SSSR count). The van der Waals surface area contributed by atoms with Crippen molar-refractivity contribution in [2.24, 2.45) is 0 Å². The van der Waals surface area contributed by atoms with Gasteiger partial charge in [-0.2, -0.15) is 0 Å². The van der Waals surface area contributed by atoms with Crippen LogP contribution in [0.2, 0.25) is 0 Å². The van der Waals surface area contributed by atoms with Crippen LogP contribution in [0.3, 0.4) is 0 Å². The fourth-order valence-corrected chi connectivity index (χ4v) is 18.4. The summed E-state index contributed by atoms with van der Waals surface area (Å²) in [4.78, 5) is 9.60. The SMILES string of the molecule is C=C(C)C(=O)O.OC1(O)CCCCCCCCCCCCCCCC1.OC1(O)CCCCCCCCCCCCCCCC1.OC1(O)CCCCCCCCCCCCCCCC1.OC1(O)CCCCCCCCCCCCCCCC1.OC1(O)CCCCCCCCCCCCCCCC1.OC1(O)CCCCCCCCCCCCCCCC1. The Balaban J connectivity index is 0.00000140. The summed E-state index contributed by atoms with van der Waals surface area (Å²) in [5.41, 5.74) is 0.176. The molecule has 120 heavy (non-hydrogen) atoms. The van der Waals surface area contributed by atoms with Crippen LogP contribution >= 0.6 is 0 Å². The highest BCUT2D eigenvalue weighted by Gasteiger charge is 2.27. The zero-order valence-corrected chi connectivity index (χ0v) is 79.8. The molecule has 0 bridgehead atoms. The first-order valence-corrected chi connectivity index (χ1v) is 53.5. The van der Waals surface area contributed by atoms with Gasteiger partial charge in [0.1, 0.15) is 0 Å². The summed E-state index contributed by atoms with van der Waals surface area (Å²) in [5.74, 6) is -9.30. The van der Waals surface area contributed by atoms with Gasteiger partial charge in [-0.25, -0.2) is 4.79 Å². The van der Waals surface area contributed by atoms with Crippen LogP contribution in [0.5, 0.6) is 0 Å². The molecule has 0 atom stereocenters. The van der Waals surface area contributed by atoms with Gasteiger partial charge >= 0.3 is 5.97 Å². The van der Waals surface area contributed by atoms with Crippen LogP contribution in [-0.4, -0.2) is 107 Å². The van der Waals surface area contributed by atoms with Crippen LogP contribution < -0.4 is 0 Å². The summed E-state index contributed by atoms with van der Waals surface area (Å²) < 4.78 is 0. The smallest absolute Gasteiger partial charge is 0.330 e. The average Bonchev–Trinajstić information content (AvgIpc) is 1.02. The van der Waals surface area contributed by atoms with Crippen LogP contribution in [0.25, 0.3) is 0 Å². The average molecular weight is 1710 g/mol. The Morgan fingerprint density at radius 2 is 0.183 bits per heavy atom. The molecule has 0 unspecified atom stereocenters. The second-order valence-electron chi connectivity index (χ2n) is 39.7. The van der Waals surface area contributed by atoms with Gasteiger partial charge in [0.15, 0.2) is 34.7 Å². The van der Waals surface area contributed by atoms with Gasteiger partial charge in [-0.3, -0.25) is 0 Å². The molecule has 6 aliphatic carbocycles. The first-order chi connectivity index (χ1) is 57.9. The van der Waals surface area contributed by atoms with Gasteiger partial charge in [0.2, 0.25) is 0 Å². The summed E-state index contributed by atoms with van der Waals surface area (Å²) in [7, 11) is 0. The molecular weight excluding hydrogens is 1500 g/mol. The third-order valence-corrected chi connectivity index (χ3v) is 26.8. The number of rotatable bonds is 1. The Morgan fingerprint density at radius 1 is 0.142 bits per heavy atom. The molecule has 6 saturated carbocycles. The highest BCUT2D eigenvalue weighted by atomic mass is 16.5. The Kier molecular flexibility index (Phi) is 84.9. The van der Waals surface area contributed by atoms with Crippen LogP contribution in [0.1, 0.15) is 623 Å². The minimum Gasteiger partial charge on any atom is -0.478 e. The van der Waals surface area contributed by atoms with E-state index in [0.717, 1.165) is 154 Å². The number of carboxylic acids is 1. The predicted molar refractivity (Wildman–Crippen MR) is 509 cm³/mol. The Hall–Kier alpha value is -1.27. The van der Waals surface area contributed by atoms with Crippen LogP contribution in [-0.2, 0) is 4.79 Å². The molecule has 0 amide bonds. The number of hydrogen-bond acceptors (Lipinski definition) is 13. The summed E-state index contributed by atoms with van der Waals surface area (Å²) in [6.07, 6.45) is 113. The number of aliphatic carboxylic acids is 1. The van der Waals surface area contributed by atoms with Gasteiger partial charge in [0, 0.05) is 82.6 Å². The van der Waals surface area contributed by atoms with Gasteiger partial charge in [-0.15, -0.1) is 0 Å². The second kappa shape index (κ2) is 85.8. The molecule has 13 N–H and O–H groups in total. The topological polar surface area (TPSA) is 280 Å². The molecule has 0 aromatic heterocycles. The lowest BCUT2D eigenvalue weighted by atomic mass is 9.99. The van der Waals surface area contributed by atoms with Gasteiger partial charge in [-0.05, 0) is 84.0 Å². The molecule has 14 nitrogen and oxygen atoms in total. The standard InChI is InChI=1S/6C17H34O2.C4H6O2/c6*18-17(19)15-13-11-9-7-5-3-1-2-4-6-8-10-12-14-16-17;1-3(2)4(5)6/h6*18-19H,1-16H2;1H2,2H3,(H,5,6). The monoisotopic (exact) mass is 1710 g/mol. The lowest BCUT2D eigenvalue weighted by Crippen LogP contribution is -2.27. The normalized spacial score (nSPS) is 24.7. The maximum Gasteiger partial charge on any atom is 0.330 e. The quantitative estimate of drug-likeness (QED) is 0.0859. The number of carbonyl (C=O) groups is 1. The van der Waals surface area contributed by atoms with Crippen LogP contribution in [0.4, 0.5) is 0 Å². The van der Waals surface area contributed by atoms with E-state index in [0.29, 0.717) is 77.0 Å². The molecular formula is C106H210O14. The van der Waals surface area contributed by atoms with Crippen molar-refractivity contribution in [2.75, 3.05) is 0 Å². The summed E-state index contributed by atoms with van der Waals surface area (Å²) in [6.45, 7) is 4.60. The molecule has 0 aromatic carbocycles. The van der Waals surface area contributed by atoms with Crippen molar-refractivity contribution in [3.63, 3.8) is 0 Å². The Bertz CT molecular complexity index is 1620. The van der Waals surface area contributed by atoms with E-state index in [-0.39, 0.29) is 5.57 Å². The van der Waals surface area contributed by atoms with E-state index >= 15 is 0 Å². The third kappa shape index (κ3) is 94.3. The highest BCUT2D eigenvalue weighted by Crippen LogP contribution is 2.30. The minimum atomic E-state index is -1.39. The molecule has 718 valence electrons. The maximum absolute atomic E-state index is 9.89. The molecule has 6 aliphatic rings. The van der Waals surface area contributed by atoms with Crippen molar-refractivity contribution in [2.45, 2.75) is 658 Å². The van der Waals surface area contributed by atoms with Gasteiger partial charge in [0.25, 0.3) is 0 Å². The largest absolute Gasteiger partial charge is 0.478 e. The van der Waals surface area contributed by atoms with E-state index in [1.54, 1.807) is 0 Å². The minimum absolute atomic E-state index is 0.176. The lowest BCUT2D eigenvalue weighted by molar-refractivity contribution is -0.172. The van der Waals surface area contributed by atoms with E-state index < -0.39 is 40.7 Å². The van der Waals surface area contributed by atoms with Crippen molar-refractivity contribution in [3.05, 3.63) is 12.2 Å². The van der Waals surface area contributed by atoms with E-state index in [2.05, 4.69) is 6.58 Å². The first kappa shape index (κ1) is 119. The summed E-state index contributed by atoms with van der Waals surface area (Å²) in [5, 5.41) is 127. The predicted octanol–water partition coefficient (Wildman–Crippen LogP) is 30.2. The van der Waals surface area contributed by atoms with Gasteiger partial charge < -0.3 is 66.4 Å². The molecule has 0 aliphatic heterocycles. The molecule has 14 heteroatoms. The van der Waals surface area contributed by atoms with Crippen molar-refractivity contribution in [3.8, 4) is 0 Å². The van der Waals surface area contributed by atoms with Crippen LogP contribution in [0.15, 0.2) is 12.2 Å². The van der Waals surface area contributed by atoms with E-state index in [1.165, 1.54) is 392 Å². The lowest BCUT2D eigenvalue weighted by Gasteiger charge is -2.21. The van der Waals surface area contributed by atoms with Crippen molar-refractivity contribution >= 4 is 5.97 Å². The second-order valence-corrected chi connectivity index (χ2v) is 39.7. The fourth-order valence-electron chi connectivity index (χ4n) is 18.4. The maximum atomic E-state index is 9.89. The van der Waals surface area contributed by atoms with E-state index in [9.17, 15) is 66.1 Å². The van der Waals surface area contributed by atoms with E-state index in [4.69, 9.17) is 5.11 Å². The zero-order valence-electron chi connectivity index (χ0n) is 79.8. The molecule has 6 fully saturated rings. The van der Waals surface area contributed by atoms with E-state index in [1.807, 2.05) is 0 Å². The highest BCUT2D eigenvalue weighted by molar-refractivity contribution is 5.84. The molecule has 0 saturated heterocycles.